The molecule has 254 valence electrons. The second kappa shape index (κ2) is 14.8. The number of piperazine rings is 1. The molecule has 6 bridgehead atoms. The van der Waals surface area contributed by atoms with Gasteiger partial charge in [0.1, 0.15) is 16.5 Å². The van der Waals surface area contributed by atoms with Crippen molar-refractivity contribution < 1.29 is 17.9 Å². The molecule has 13 heteroatoms. The third-order valence-electron chi connectivity index (χ3n) is 9.47. The van der Waals surface area contributed by atoms with Crippen LogP contribution in [0.2, 0.25) is 5.02 Å². The Morgan fingerprint density at radius 1 is 0.957 bits per heavy atom. The molecule has 7 rings (SSSR count). The number of hydrogen-bond donors (Lipinski definition) is 2. The number of sulfone groups is 1. The number of hydrogen-bond acceptors (Lipinski definition) is 11. The summed E-state index contributed by atoms with van der Waals surface area (Å²) in [5.74, 6) is 1.80. The molecule has 0 atom stereocenters. The number of nitrogens with zero attached hydrogens (tertiary/aromatic N) is 5. The lowest BCUT2D eigenvalue weighted by molar-refractivity contribution is 0.0982. The molecule has 2 N–H and O–H groups in total. The van der Waals surface area contributed by atoms with Crippen LogP contribution in [0.5, 0.6) is 11.5 Å². The molecule has 2 aromatic carbocycles. The Labute approximate surface area is 283 Å². The Morgan fingerprint density at radius 3 is 2.47 bits per heavy atom. The van der Waals surface area contributed by atoms with E-state index >= 15 is 0 Å². The average molecular weight is 684 g/mol. The Morgan fingerprint density at radius 2 is 1.72 bits per heavy atom. The summed E-state index contributed by atoms with van der Waals surface area (Å²) in [4.78, 5) is 16.8. The molecule has 2 fully saturated rings. The number of piperidine rings is 1. The highest BCUT2D eigenvalue weighted by Gasteiger charge is 2.28. The van der Waals surface area contributed by atoms with Crippen LogP contribution in [-0.4, -0.2) is 101 Å². The molecule has 0 amide bonds. The van der Waals surface area contributed by atoms with Gasteiger partial charge in [-0.15, -0.1) is 0 Å². The van der Waals surface area contributed by atoms with Crippen LogP contribution in [0, 0.1) is 0 Å². The first-order valence-corrected chi connectivity index (χ1v) is 18.9. The smallest absolute Gasteiger partial charge is 0.229 e. The van der Waals surface area contributed by atoms with E-state index in [1.54, 1.807) is 25.3 Å². The van der Waals surface area contributed by atoms with E-state index in [1.807, 2.05) is 0 Å². The molecule has 5 heterocycles. The maximum atomic E-state index is 12.7. The van der Waals surface area contributed by atoms with Crippen LogP contribution in [0.15, 0.2) is 41.4 Å². The number of ether oxygens (including phenoxy) is 2. The fraction of sp³-hybridized carbons (Fsp3) is 0.529. The second-order valence-corrected chi connectivity index (χ2v) is 15.2. The first kappa shape index (κ1) is 33.6. The minimum atomic E-state index is -3.58. The van der Waals surface area contributed by atoms with E-state index in [1.165, 1.54) is 23.7 Å². The Kier molecular flexibility index (Phi) is 10.6. The monoisotopic (exact) mass is 683 g/mol. The zero-order valence-corrected chi connectivity index (χ0v) is 29.2. The van der Waals surface area contributed by atoms with Gasteiger partial charge in [0.25, 0.3) is 0 Å². The van der Waals surface area contributed by atoms with Crippen LogP contribution in [0.25, 0.3) is 0 Å². The van der Waals surface area contributed by atoms with Crippen LogP contribution in [0.4, 0.5) is 28.8 Å². The van der Waals surface area contributed by atoms with Crippen molar-refractivity contribution in [2.24, 2.45) is 0 Å². The molecular weight excluding hydrogens is 638 g/mol. The molecule has 1 aromatic heterocycles. The van der Waals surface area contributed by atoms with Gasteiger partial charge in [0.05, 0.1) is 36.2 Å². The van der Waals surface area contributed by atoms with Gasteiger partial charge in [-0.1, -0.05) is 24.4 Å². The molecule has 0 radical (unpaired) electrons. The van der Waals surface area contributed by atoms with Crippen molar-refractivity contribution in [3.05, 3.63) is 47.1 Å². The fourth-order valence-corrected chi connectivity index (χ4v) is 7.75. The SMILES string of the molecule is COc1cc(N2CCC(N3CCN(C)CC3)CC2)c2cc1Nc1ncc(Cl)c(n1)Nc1ccc(cc1S(C)(=O)=O)OCCCCCC2. The quantitative estimate of drug-likeness (QED) is 0.351. The average Bonchev–Trinajstić information content (AvgIpc) is 3.06. The minimum absolute atomic E-state index is 0.103. The summed E-state index contributed by atoms with van der Waals surface area (Å²) >= 11 is 6.50. The fourth-order valence-electron chi connectivity index (χ4n) is 6.76. The highest BCUT2D eigenvalue weighted by atomic mass is 35.5. The summed E-state index contributed by atoms with van der Waals surface area (Å²) < 4.78 is 37.3. The van der Waals surface area contributed by atoms with Gasteiger partial charge in [-0.25, -0.2) is 13.4 Å². The molecule has 3 aromatic rings. The van der Waals surface area contributed by atoms with E-state index < -0.39 is 9.84 Å². The molecule has 4 aliphatic rings. The number of likely N-dealkylation sites (N-methyl/N-ethyl adjacent to an activating group) is 1. The number of anilines is 5. The molecule has 0 spiro atoms. The van der Waals surface area contributed by atoms with E-state index in [4.69, 9.17) is 21.1 Å². The van der Waals surface area contributed by atoms with E-state index in [-0.39, 0.29) is 15.7 Å². The lowest BCUT2D eigenvalue weighted by Crippen LogP contribution is -2.52. The van der Waals surface area contributed by atoms with E-state index in [9.17, 15) is 8.42 Å². The number of methoxy groups -OCH3 is 1. The molecule has 0 aliphatic carbocycles. The summed E-state index contributed by atoms with van der Waals surface area (Å²) in [5, 5.41) is 6.72. The summed E-state index contributed by atoms with van der Waals surface area (Å²) in [6.07, 6.45) is 9.90. The highest BCUT2D eigenvalue weighted by molar-refractivity contribution is 7.90. The third-order valence-corrected chi connectivity index (χ3v) is 10.9. The first-order valence-electron chi connectivity index (χ1n) is 16.6. The first-order chi connectivity index (χ1) is 22.7. The van der Waals surface area contributed by atoms with Crippen molar-refractivity contribution >= 4 is 50.3 Å². The standard InChI is InChI=1S/C34H46ClN7O4S/c1-40-15-17-41(18-16-40)25-11-13-42(14-12-25)30-22-31(45-2)29-20-24(30)8-6-4-5-7-19-46-26-9-10-28(32(21-26)47(3,43)44)37-33-27(35)23-36-34(38-29)39-33/h9-10,20-23,25H,4-8,11-19H2,1-3H3,(H2,36,37,38,39). The van der Waals surface area contributed by atoms with Gasteiger partial charge < -0.3 is 29.9 Å². The lowest BCUT2D eigenvalue weighted by atomic mass is 9.98. The van der Waals surface area contributed by atoms with Gasteiger partial charge in [0.2, 0.25) is 5.95 Å². The Hall–Kier alpha value is -3.32. The topological polar surface area (TPSA) is 112 Å². The predicted molar refractivity (Wildman–Crippen MR) is 188 cm³/mol. The van der Waals surface area contributed by atoms with E-state index in [0.717, 1.165) is 89.9 Å². The molecule has 47 heavy (non-hydrogen) atoms. The summed E-state index contributed by atoms with van der Waals surface area (Å²) in [6.45, 7) is 7.14. The number of halogens is 1. The van der Waals surface area contributed by atoms with Crippen LogP contribution in [-0.2, 0) is 16.3 Å². The van der Waals surface area contributed by atoms with Crippen molar-refractivity contribution in [3.8, 4) is 11.5 Å². The van der Waals surface area contributed by atoms with Gasteiger partial charge >= 0.3 is 0 Å². The van der Waals surface area contributed by atoms with Gasteiger partial charge in [-0.3, -0.25) is 4.90 Å². The van der Waals surface area contributed by atoms with E-state index in [2.05, 4.69) is 54.5 Å². The number of aromatic nitrogens is 2. The zero-order valence-electron chi connectivity index (χ0n) is 27.6. The summed E-state index contributed by atoms with van der Waals surface area (Å²) in [5.41, 5.74) is 3.61. The zero-order chi connectivity index (χ0) is 33.0. The maximum absolute atomic E-state index is 12.7. The van der Waals surface area contributed by atoms with E-state index in [0.29, 0.717) is 35.8 Å². The maximum Gasteiger partial charge on any atom is 0.229 e. The van der Waals surface area contributed by atoms with Crippen LogP contribution < -0.4 is 25.0 Å². The predicted octanol–water partition coefficient (Wildman–Crippen LogP) is 5.74. The van der Waals surface area contributed by atoms with Crippen molar-refractivity contribution in [1.29, 1.82) is 0 Å². The van der Waals surface area contributed by atoms with Crippen molar-refractivity contribution in [2.45, 2.75) is 55.9 Å². The molecular formula is C34H46ClN7O4S. The van der Waals surface area contributed by atoms with Crippen LogP contribution >= 0.6 is 11.6 Å². The Bertz CT molecular complexity index is 1660. The number of rotatable bonds is 4. The molecule has 0 unspecified atom stereocenters. The number of nitrogens with one attached hydrogen (secondary N) is 2. The van der Waals surface area contributed by atoms with Gasteiger partial charge in [0.15, 0.2) is 15.7 Å². The van der Waals surface area contributed by atoms with Crippen molar-refractivity contribution in [2.75, 3.05) is 81.8 Å². The van der Waals surface area contributed by atoms with Gasteiger partial charge in [-0.2, -0.15) is 4.98 Å². The molecule has 0 saturated carbocycles. The van der Waals surface area contributed by atoms with Crippen molar-refractivity contribution in [3.63, 3.8) is 0 Å². The lowest BCUT2D eigenvalue weighted by Gasteiger charge is -2.43. The second-order valence-electron chi connectivity index (χ2n) is 12.8. The number of benzene rings is 2. The van der Waals surface area contributed by atoms with Crippen LogP contribution in [0.3, 0.4) is 0 Å². The third kappa shape index (κ3) is 8.22. The summed E-state index contributed by atoms with van der Waals surface area (Å²) in [7, 11) is 0.307. The molecule has 4 aliphatic heterocycles. The minimum Gasteiger partial charge on any atom is -0.494 e. The largest absolute Gasteiger partial charge is 0.494 e. The Balaban J connectivity index is 1.29. The normalized spacial score (nSPS) is 19.1. The molecule has 11 nitrogen and oxygen atoms in total. The van der Waals surface area contributed by atoms with Crippen molar-refractivity contribution in [1.82, 2.24) is 19.8 Å². The number of aryl methyl sites for hydroxylation is 1. The van der Waals surface area contributed by atoms with Gasteiger partial charge in [0, 0.05) is 69.4 Å². The van der Waals surface area contributed by atoms with Crippen LogP contribution in [0.1, 0.15) is 44.1 Å². The summed E-state index contributed by atoms with van der Waals surface area (Å²) in [6, 6.07) is 9.94. The van der Waals surface area contributed by atoms with Gasteiger partial charge in [-0.05, 0) is 62.9 Å². The highest BCUT2D eigenvalue weighted by Crippen LogP contribution is 2.38. The molecule has 2 saturated heterocycles. The number of fused-ring (bicyclic) bond motifs is 8.